The van der Waals surface area contributed by atoms with Crippen molar-refractivity contribution in [3.63, 3.8) is 0 Å². The molecule has 4 aromatic carbocycles. The van der Waals surface area contributed by atoms with Crippen molar-refractivity contribution < 1.29 is 138 Å². The maximum absolute atomic E-state index is 8.89. The van der Waals surface area contributed by atoms with E-state index in [2.05, 4.69) is 52.7 Å². The number of hydrogen-bond acceptors (Lipinski definition) is 7. The van der Waals surface area contributed by atoms with Gasteiger partial charge in [-0.05, 0) is 71.8 Å². The molecule has 0 fully saturated rings. The summed E-state index contributed by atoms with van der Waals surface area (Å²) in [5.41, 5.74) is 2.33. The van der Waals surface area contributed by atoms with Crippen molar-refractivity contribution in [2.24, 2.45) is 0 Å². The van der Waals surface area contributed by atoms with Crippen LogP contribution in [0.25, 0.3) is 0 Å². The normalized spacial score (nSPS) is 8.93. The number of aromatic hydroxyl groups is 1. The summed E-state index contributed by atoms with van der Waals surface area (Å²) >= 11 is 21.5. The third-order valence-electron chi connectivity index (χ3n) is 4.71. The molecule has 222 valence electrons. The maximum atomic E-state index is 8.89. The summed E-state index contributed by atoms with van der Waals surface area (Å²) < 4.78 is 17.6. The minimum absolute atomic E-state index is 0. The van der Waals surface area contributed by atoms with Crippen molar-refractivity contribution in [2.45, 2.75) is 11.9 Å². The molecule has 0 amide bonds. The molecular weight excluding hydrogens is 849 g/mol. The maximum Gasteiger partial charge on any atom is 1.00 e. The van der Waals surface area contributed by atoms with Gasteiger partial charge in [-0.1, -0.05) is 95.3 Å². The summed E-state index contributed by atoms with van der Waals surface area (Å²) in [6.07, 6.45) is 0. The summed E-state index contributed by atoms with van der Waals surface area (Å²) in [5, 5.41) is 19.2. The average Bonchev–Trinajstić information content (AvgIpc) is 3.00. The summed E-state index contributed by atoms with van der Waals surface area (Å²) in [6.45, 7) is 0.297. The molecule has 0 radical (unpaired) electrons. The molecule has 0 spiro atoms. The van der Waals surface area contributed by atoms with Crippen LogP contribution >= 0.6 is 71.0 Å². The van der Waals surface area contributed by atoms with Crippen LogP contribution in [0.1, 0.15) is 12.6 Å². The van der Waals surface area contributed by atoms with Crippen LogP contribution in [0.15, 0.2) is 93.9 Å². The Morgan fingerprint density at radius 3 is 1.60 bits per heavy atom. The van der Waals surface area contributed by atoms with E-state index in [1.807, 2.05) is 66.7 Å². The number of alkyl halides is 1. The van der Waals surface area contributed by atoms with Gasteiger partial charge in [-0.2, -0.15) is 0 Å². The van der Waals surface area contributed by atoms with Crippen molar-refractivity contribution in [2.75, 3.05) is 14.2 Å². The van der Waals surface area contributed by atoms with Gasteiger partial charge in [0.1, 0.15) is 29.6 Å². The second kappa shape index (κ2) is 27.9. The number of benzene rings is 4. The van der Waals surface area contributed by atoms with Gasteiger partial charge >= 0.3 is 103 Å². The smallest absolute Gasteiger partial charge is 1.00 e. The van der Waals surface area contributed by atoms with Gasteiger partial charge in [0.15, 0.2) is 0 Å². The topological polar surface area (TPSA) is 97.3 Å². The summed E-state index contributed by atoms with van der Waals surface area (Å²) in [4.78, 5) is 11.2. The molecule has 0 heterocycles. The first-order valence-electron chi connectivity index (χ1n) is 11.4. The van der Waals surface area contributed by atoms with Gasteiger partial charge in [0, 0.05) is 14.3 Å². The van der Waals surface area contributed by atoms with Crippen LogP contribution in [-0.2, 0) is 21.6 Å². The van der Waals surface area contributed by atoms with Crippen molar-refractivity contribution >= 4 is 77.5 Å². The third kappa shape index (κ3) is 20.6. The molecule has 0 saturated heterocycles. The van der Waals surface area contributed by atoms with Crippen LogP contribution < -0.4 is 122 Å². The number of phenols is 1. The van der Waals surface area contributed by atoms with Gasteiger partial charge in [0.25, 0.3) is 6.47 Å². The van der Waals surface area contributed by atoms with Crippen LogP contribution in [0.4, 0.5) is 0 Å². The third-order valence-corrected chi connectivity index (χ3v) is 6.94. The van der Waals surface area contributed by atoms with E-state index in [1.54, 1.807) is 26.4 Å². The Morgan fingerprint density at radius 1 is 0.791 bits per heavy atom. The Bertz CT molecular complexity index is 1300. The van der Waals surface area contributed by atoms with E-state index >= 15 is 0 Å². The predicted molar refractivity (Wildman–Crippen MR) is 171 cm³/mol. The number of hydrogen-bond donors (Lipinski definition) is 1. The first-order valence-corrected chi connectivity index (χ1v) is 14.9. The van der Waals surface area contributed by atoms with E-state index in [1.165, 1.54) is 11.6 Å². The Hall–Kier alpha value is 0.803. The molecule has 43 heavy (non-hydrogen) atoms. The molecule has 0 aliphatic rings. The van der Waals surface area contributed by atoms with Gasteiger partial charge in [0.2, 0.25) is 0 Å². The van der Waals surface area contributed by atoms with Gasteiger partial charge < -0.3 is 30.9 Å². The predicted octanol–water partition coefficient (Wildman–Crippen LogP) is 2.64. The zero-order valence-electron chi connectivity index (χ0n) is 24.9. The number of phenolic OH excluding ortho intramolecular Hbond substituents is 1. The van der Waals surface area contributed by atoms with Crippen LogP contribution in [0, 0.1) is 0 Å². The SMILES string of the molecule is COc1ccc(CBr)cc1.COc1ccc(COc2ccc(Br)cc2Cl)cc1.O=CO[O-].Oc1ccc(Br)cc1Cl.[H-].[K+].[K+]. The fourth-order valence-electron chi connectivity index (χ4n) is 2.67. The largest absolute Gasteiger partial charge is 1.00 e. The van der Waals surface area contributed by atoms with Gasteiger partial charge in [-0.3, -0.25) is 4.79 Å². The number of carbonyl (C=O) groups is 1. The molecule has 0 bridgehead atoms. The molecule has 0 saturated carbocycles. The quantitative estimate of drug-likeness (QED) is 0.100. The molecule has 7 nitrogen and oxygen atoms in total. The van der Waals surface area contributed by atoms with Crippen LogP contribution in [0.2, 0.25) is 10.0 Å². The Balaban J connectivity index is -0.000000556. The van der Waals surface area contributed by atoms with Crippen LogP contribution in [0.3, 0.4) is 0 Å². The molecular formula is C29H27Br3Cl2K2O7. The number of ether oxygens (including phenoxy) is 3. The molecule has 0 aromatic heterocycles. The second-order valence-electron chi connectivity index (χ2n) is 7.48. The van der Waals surface area contributed by atoms with Crippen LogP contribution in [0.5, 0.6) is 23.0 Å². The van der Waals surface area contributed by atoms with E-state index < -0.39 is 0 Å². The fourth-order valence-corrected chi connectivity index (χ4v) is 4.45. The number of methoxy groups -OCH3 is 2. The Kier molecular flexibility index (Phi) is 29.8. The zero-order valence-corrected chi connectivity index (χ0v) is 36.4. The van der Waals surface area contributed by atoms with Crippen molar-refractivity contribution in [3.05, 3.63) is 115 Å². The van der Waals surface area contributed by atoms with E-state index in [9.17, 15) is 0 Å². The van der Waals surface area contributed by atoms with E-state index in [-0.39, 0.29) is 116 Å². The van der Waals surface area contributed by atoms with Crippen LogP contribution in [-0.4, -0.2) is 25.8 Å². The van der Waals surface area contributed by atoms with E-state index in [0.29, 0.717) is 22.4 Å². The summed E-state index contributed by atoms with van der Waals surface area (Å²) in [7, 11) is 3.32. The molecule has 14 heteroatoms. The summed E-state index contributed by atoms with van der Waals surface area (Å²) in [5.74, 6) is 2.53. The van der Waals surface area contributed by atoms with Gasteiger partial charge in [0.05, 0.1) is 24.3 Å². The van der Waals surface area contributed by atoms with Gasteiger partial charge in [-0.25, -0.2) is 0 Å². The molecule has 4 aromatic rings. The monoisotopic (exact) mass is 872 g/mol. The Morgan fingerprint density at radius 2 is 1.23 bits per heavy atom. The number of carbonyl (C=O) groups excluding carboxylic acids is 1. The van der Waals surface area contributed by atoms with Gasteiger partial charge in [-0.15, -0.1) is 0 Å². The first kappa shape index (κ1) is 45.9. The van der Waals surface area contributed by atoms with E-state index in [4.69, 9.17) is 52.6 Å². The zero-order chi connectivity index (χ0) is 30.6. The standard InChI is InChI=1S/C14H12BrClO2.C8H9BrO.C6H4BrClO.CH2O3.2K.H/c1-17-12-5-2-10(3-6-12)9-18-14-7-4-11(15)8-13(14)16;1-10-8-4-2-7(6-9)3-5-8;7-4-1-2-6(9)5(8)3-4;2-1-4-3;;;/h2-8H,9H2,1H3;2-5H,6H2,1H3;1-3,9H;1,3H;;;/q;;;;2*+1;-1/p-1. The minimum atomic E-state index is -0.181. The molecule has 0 aliphatic carbocycles. The Labute approximate surface area is 373 Å². The number of rotatable bonds is 7. The second-order valence-corrected chi connectivity index (χ2v) is 10.7. The molecule has 4 rings (SSSR count). The van der Waals surface area contributed by atoms with Crippen molar-refractivity contribution in [1.29, 1.82) is 0 Å². The average molecular weight is 876 g/mol. The van der Waals surface area contributed by atoms with Crippen molar-refractivity contribution in [1.82, 2.24) is 0 Å². The molecule has 0 atom stereocenters. The first-order chi connectivity index (χ1) is 19.7. The fraction of sp³-hybridized carbons (Fsp3) is 0.138. The molecule has 1 N–H and O–H groups in total. The summed E-state index contributed by atoms with van der Waals surface area (Å²) in [6, 6.07) is 26.2. The minimum Gasteiger partial charge on any atom is -1.00 e. The number of halogens is 5. The molecule has 0 unspecified atom stereocenters. The molecule has 0 aliphatic heterocycles. The van der Waals surface area contributed by atoms with Crippen molar-refractivity contribution in [3.8, 4) is 23.0 Å². The van der Waals surface area contributed by atoms with E-state index in [0.717, 1.165) is 31.3 Å².